The Bertz CT molecular complexity index is 660. The van der Waals surface area contributed by atoms with E-state index in [1.165, 1.54) is 19.3 Å². The van der Waals surface area contributed by atoms with Crippen molar-refractivity contribution in [3.05, 3.63) is 36.7 Å². The predicted octanol–water partition coefficient (Wildman–Crippen LogP) is 3.37. The van der Waals surface area contributed by atoms with Gasteiger partial charge < -0.3 is 14.6 Å². The summed E-state index contributed by atoms with van der Waals surface area (Å²) in [5, 5.41) is 2.90. The fraction of sp³-hybridized carbons (Fsp3) is 0.444. The van der Waals surface area contributed by atoms with Gasteiger partial charge in [-0.1, -0.05) is 31.4 Å². The smallest absolute Gasteiger partial charge is 0.250 e. The molecule has 1 saturated carbocycles. The molecule has 122 valence electrons. The average Bonchev–Trinajstić information content (AvgIpc) is 3.00. The molecule has 1 aliphatic rings. The molecule has 0 atom stereocenters. The van der Waals surface area contributed by atoms with E-state index in [0.717, 1.165) is 29.9 Å². The molecule has 0 aliphatic heterocycles. The minimum Gasteiger partial charge on any atom is -0.368 e. The van der Waals surface area contributed by atoms with Crippen molar-refractivity contribution in [1.82, 2.24) is 9.55 Å². The zero-order chi connectivity index (χ0) is 16.1. The highest BCUT2D eigenvalue weighted by Gasteiger charge is 2.15. The van der Waals surface area contributed by atoms with E-state index in [1.807, 2.05) is 42.1 Å². The molecule has 1 heterocycles. The van der Waals surface area contributed by atoms with E-state index < -0.39 is 0 Å². The van der Waals surface area contributed by atoms with Crippen LogP contribution < -0.4 is 5.32 Å². The predicted molar refractivity (Wildman–Crippen MR) is 90.1 cm³/mol. The number of imidazole rings is 1. The number of carbonyl (C=O) groups excluding carboxylic acids is 1. The van der Waals surface area contributed by atoms with Crippen molar-refractivity contribution in [3.63, 3.8) is 0 Å². The van der Waals surface area contributed by atoms with Crippen molar-refractivity contribution < 1.29 is 9.53 Å². The van der Waals surface area contributed by atoms with Gasteiger partial charge in [0.25, 0.3) is 0 Å². The zero-order valence-electron chi connectivity index (χ0n) is 13.5. The molecular formula is C18H23N3O2. The highest BCUT2D eigenvalue weighted by molar-refractivity contribution is 5.92. The number of rotatable bonds is 5. The maximum atomic E-state index is 12.1. The number of carbonyl (C=O) groups is 1. The summed E-state index contributed by atoms with van der Waals surface area (Å²) in [5.74, 6) is 0.770. The molecule has 1 amide bonds. The summed E-state index contributed by atoms with van der Waals surface area (Å²) in [6.07, 6.45) is 9.75. The number of aromatic nitrogens is 2. The Kier molecular flexibility index (Phi) is 5.08. The second-order valence-corrected chi connectivity index (χ2v) is 6.06. The van der Waals surface area contributed by atoms with Crippen molar-refractivity contribution in [1.29, 1.82) is 0 Å². The van der Waals surface area contributed by atoms with Gasteiger partial charge in [0.2, 0.25) is 5.91 Å². The quantitative estimate of drug-likeness (QED) is 0.920. The lowest BCUT2D eigenvalue weighted by molar-refractivity contribution is -0.123. The summed E-state index contributed by atoms with van der Waals surface area (Å²) in [4.78, 5) is 16.4. The number of aryl methyl sites for hydroxylation is 1. The molecule has 1 aromatic heterocycles. The third kappa shape index (κ3) is 4.20. The van der Waals surface area contributed by atoms with Gasteiger partial charge in [0, 0.05) is 30.7 Å². The van der Waals surface area contributed by atoms with Gasteiger partial charge in [0.05, 0.1) is 6.10 Å². The van der Waals surface area contributed by atoms with E-state index >= 15 is 0 Å². The first-order valence-electron chi connectivity index (χ1n) is 8.21. The minimum absolute atomic E-state index is 0.104. The Morgan fingerprint density at radius 1 is 1.35 bits per heavy atom. The molecule has 1 fully saturated rings. The molecule has 0 spiro atoms. The van der Waals surface area contributed by atoms with Crippen molar-refractivity contribution >= 4 is 11.6 Å². The summed E-state index contributed by atoms with van der Waals surface area (Å²) in [6.45, 7) is 0.122. The molecule has 1 N–H and O–H groups in total. The van der Waals surface area contributed by atoms with Gasteiger partial charge >= 0.3 is 0 Å². The van der Waals surface area contributed by atoms with E-state index in [9.17, 15) is 4.79 Å². The van der Waals surface area contributed by atoms with Crippen LogP contribution in [0.15, 0.2) is 36.7 Å². The molecule has 3 rings (SSSR count). The van der Waals surface area contributed by atoms with Crippen molar-refractivity contribution in [3.8, 4) is 11.4 Å². The molecule has 2 aromatic rings. The first-order chi connectivity index (χ1) is 11.2. The molecule has 0 unspecified atom stereocenters. The first-order valence-corrected chi connectivity index (χ1v) is 8.21. The Balaban J connectivity index is 1.57. The number of amides is 1. The van der Waals surface area contributed by atoms with E-state index in [4.69, 9.17) is 4.74 Å². The van der Waals surface area contributed by atoms with Gasteiger partial charge in [0.15, 0.2) is 0 Å². The summed E-state index contributed by atoms with van der Waals surface area (Å²) in [7, 11) is 1.95. The highest BCUT2D eigenvalue weighted by atomic mass is 16.5. The highest BCUT2D eigenvalue weighted by Crippen LogP contribution is 2.22. The normalized spacial score (nSPS) is 15.5. The molecule has 0 saturated heterocycles. The molecule has 1 aliphatic carbocycles. The van der Waals surface area contributed by atoms with Crippen LogP contribution in [0.1, 0.15) is 32.1 Å². The number of hydrogen-bond acceptors (Lipinski definition) is 3. The van der Waals surface area contributed by atoms with E-state index in [1.54, 1.807) is 6.20 Å². The van der Waals surface area contributed by atoms with Crippen LogP contribution in [0.2, 0.25) is 0 Å². The largest absolute Gasteiger partial charge is 0.368 e. The fourth-order valence-electron chi connectivity index (χ4n) is 3.00. The third-order valence-corrected chi connectivity index (χ3v) is 4.23. The number of hydrogen-bond donors (Lipinski definition) is 1. The first kappa shape index (κ1) is 15.7. The maximum absolute atomic E-state index is 12.1. The number of benzene rings is 1. The number of ether oxygens (including phenoxy) is 1. The van der Waals surface area contributed by atoms with Crippen LogP contribution >= 0.6 is 0 Å². The monoisotopic (exact) mass is 313 g/mol. The zero-order valence-corrected chi connectivity index (χ0v) is 13.5. The average molecular weight is 313 g/mol. The Labute approximate surface area is 136 Å². The Morgan fingerprint density at radius 3 is 2.91 bits per heavy atom. The van der Waals surface area contributed by atoms with Crippen LogP contribution in [-0.2, 0) is 16.6 Å². The summed E-state index contributed by atoms with van der Waals surface area (Å²) < 4.78 is 7.66. The molecule has 5 heteroatoms. The lowest BCUT2D eigenvalue weighted by Crippen LogP contribution is -2.24. The number of nitrogens with one attached hydrogen (secondary N) is 1. The van der Waals surface area contributed by atoms with Crippen molar-refractivity contribution in [2.45, 2.75) is 38.2 Å². The van der Waals surface area contributed by atoms with E-state index in [0.29, 0.717) is 0 Å². The van der Waals surface area contributed by atoms with Crippen molar-refractivity contribution in [2.24, 2.45) is 7.05 Å². The molecule has 0 bridgehead atoms. The molecule has 0 radical (unpaired) electrons. The van der Waals surface area contributed by atoms with Crippen LogP contribution in [0.4, 0.5) is 5.69 Å². The van der Waals surface area contributed by atoms with Gasteiger partial charge in [-0.25, -0.2) is 4.98 Å². The summed E-state index contributed by atoms with van der Waals surface area (Å²) in [6, 6.07) is 7.71. The maximum Gasteiger partial charge on any atom is 0.250 e. The minimum atomic E-state index is -0.104. The Hall–Kier alpha value is -2.14. The third-order valence-electron chi connectivity index (χ3n) is 4.23. The van der Waals surface area contributed by atoms with Gasteiger partial charge in [-0.15, -0.1) is 0 Å². The SMILES string of the molecule is Cn1ccnc1-c1cccc(NC(=O)COC2CCCCC2)c1. The molecule has 1 aromatic carbocycles. The lowest BCUT2D eigenvalue weighted by Gasteiger charge is -2.21. The Morgan fingerprint density at radius 2 is 2.17 bits per heavy atom. The van der Waals surface area contributed by atoms with E-state index in [-0.39, 0.29) is 18.6 Å². The number of nitrogens with zero attached hydrogens (tertiary/aromatic N) is 2. The standard InChI is InChI=1S/C18H23N3O2/c1-21-11-10-19-18(21)14-6-5-7-15(12-14)20-17(22)13-23-16-8-3-2-4-9-16/h5-7,10-12,16H,2-4,8-9,13H2,1H3,(H,20,22). The van der Waals surface area contributed by atoms with Crippen LogP contribution in [-0.4, -0.2) is 28.2 Å². The second kappa shape index (κ2) is 7.42. The van der Waals surface area contributed by atoms with Gasteiger partial charge in [-0.05, 0) is 25.0 Å². The number of anilines is 1. The molecular weight excluding hydrogens is 290 g/mol. The van der Waals surface area contributed by atoms with Crippen LogP contribution in [0.3, 0.4) is 0 Å². The summed E-state index contributed by atoms with van der Waals surface area (Å²) >= 11 is 0. The molecule has 23 heavy (non-hydrogen) atoms. The van der Waals surface area contributed by atoms with E-state index in [2.05, 4.69) is 10.3 Å². The fourth-order valence-corrected chi connectivity index (χ4v) is 3.00. The van der Waals surface area contributed by atoms with Gasteiger partial charge in [0.1, 0.15) is 12.4 Å². The van der Waals surface area contributed by atoms with Crippen molar-refractivity contribution in [2.75, 3.05) is 11.9 Å². The van der Waals surface area contributed by atoms with Gasteiger partial charge in [-0.2, -0.15) is 0 Å². The van der Waals surface area contributed by atoms with Crippen LogP contribution in [0.5, 0.6) is 0 Å². The summed E-state index contributed by atoms with van der Waals surface area (Å²) in [5.41, 5.74) is 1.74. The second-order valence-electron chi connectivity index (χ2n) is 6.06. The van der Waals surface area contributed by atoms with Crippen LogP contribution in [0, 0.1) is 0 Å². The van der Waals surface area contributed by atoms with Gasteiger partial charge in [-0.3, -0.25) is 4.79 Å². The van der Waals surface area contributed by atoms with Crippen LogP contribution in [0.25, 0.3) is 11.4 Å². The molecule has 5 nitrogen and oxygen atoms in total. The topological polar surface area (TPSA) is 56.2 Å². The lowest BCUT2D eigenvalue weighted by atomic mass is 9.98.